The molecule has 1 N–H and O–H groups in total. The van der Waals surface area contributed by atoms with Crippen molar-refractivity contribution in [3.8, 4) is 0 Å². The second-order valence-electron chi connectivity index (χ2n) is 3.04. The van der Waals surface area contributed by atoms with E-state index in [9.17, 15) is 4.79 Å². The predicted molar refractivity (Wildman–Crippen MR) is 40.5 cm³/mol. The summed E-state index contributed by atoms with van der Waals surface area (Å²) in [5.74, 6) is 0.691. The van der Waals surface area contributed by atoms with Crippen molar-refractivity contribution in [2.45, 2.75) is 19.8 Å². The zero-order valence-corrected chi connectivity index (χ0v) is 6.31. The number of carbonyl (C=O) groups excluding carboxylic acids is 1. The van der Waals surface area contributed by atoms with Crippen molar-refractivity contribution >= 4 is 5.91 Å². The first kappa shape index (κ1) is 7.32. The topological polar surface area (TPSA) is 29.1 Å². The molecule has 0 aromatic rings. The molecule has 1 amide bonds. The molecule has 1 rings (SSSR count). The molecule has 1 unspecified atom stereocenters. The molecule has 0 aliphatic carbocycles. The largest absolute Gasteiger partial charge is 0.356 e. The minimum Gasteiger partial charge on any atom is -0.356 e. The second kappa shape index (κ2) is 2.86. The Hall–Kier alpha value is -0.790. The number of carbonyl (C=O) groups is 1. The summed E-state index contributed by atoms with van der Waals surface area (Å²) in [6.07, 6.45) is 1.67. The molecule has 10 heavy (non-hydrogen) atoms. The highest BCUT2D eigenvalue weighted by atomic mass is 16.1. The van der Waals surface area contributed by atoms with Gasteiger partial charge in [0.05, 0.1) is 0 Å². The molecular formula is C8H13NO. The van der Waals surface area contributed by atoms with Crippen LogP contribution < -0.4 is 5.32 Å². The maximum absolute atomic E-state index is 10.7. The zero-order valence-electron chi connectivity index (χ0n) is 6.31. The van der Waals surface area contributed by atoms with Crippen LogP contribution in [0.15, 0.2) is 12.2 Å². The summed E-state index contributed by atoms with van der Waals surface area (Å²) in [4.78, 5) is 10.7. The Morgan fingerprint density at radius 2 is 2.60 bits per heavy atom. The SMILES string of the molecule is C=C(C)CC1CNC(=O)C1. The Labute approximate surface area is 61.3 Å². The van der Waals surface area contributed by atoms with Gasteiger partial charge in [-0.2, -0.15) is 0 Å². The molecule has 1 saturated heterocycles. The van der Waals surface area contributed by atoms with Gasteiger partial charge >= 0.3 is 0 Å². The van der Waals surface area contributed by atoms with Crippen molar-refractivity contribution in [2.75, 3.05) is 6.54 Å². The van der Waals surface area contributed by atoms with Crippen LogP contribution in [0.5, 0.6) is 0 Å². The van der Waals surface area contributed by atoms with E-state index in [0.717, 1.165) is 13.0 Å². The lowest BCUT2D eigenvalue weighted by Gasteiger charge is -2.04. The van der Waals surface area contributed by atoms with Crippen molar-refractivity contribution < 1.29 is 4.79 Å². The van der Waals surface area contributed by atoms with Crippen LogP contribution in [-0.2, 0) is 4.79 Å². The van der Waals surface area contributed by atoms with Crippen molar-refractivity contribution in [2.24, 2.45) is 5.92 Å². The van der Waals surface area contributed by atoms with Gasteiger partial charge in [-0.3, -0.25) is 4.79 Å². The predicted octanol–water partition coefficient (Wildman–Crippen LogP) is 1.09. The highest BCUT2D eigenvalue weighted by Gasteiger charge is 2.20. The number of hydrogen-bond acceptors (Lipinski definition) is 1. The molecule has 0 radical (unpaired) electrons. The van der Waals surface area contributed by atoms with E-state index in [2.05, 4.69) is 11.9 Å². The normalized spacial score (nSPS) is 24.5. The minimum absolute atomic E-state index is 0.186. The van der Waals surface area contributed by atoms with Gasteiger partial charge in [-0.25, -0.2) is 0 Å². The van der Waals surface area contributed by atoms with Gasteiger partial charge in [0.15, 0.2) is 0 Å². The van der Waals surface area contributed by atoms with E-state index in [1.54, 1.807) is 0 Å². The van der Waals surface area contributed by atoms with E-state index in [0.29, 0.717) is 12.3 Å². The van der Waals surface area contributed by atoms with Gasteiger partial charge < -0.3 is 5.32 Å². The van der Waals surface area contributed by atoms with Crippen LogP contribution in [0.1, 0.15) is 19.8 Å². The summed E-state index contributed by atoms with van der Waals surface area (Å²) in [5, 5.41) is 2.79. The van der Waals surface area contributed by atoms with Crippen LogP contribution in [0.4, 0.5) is 0 Å². The van der Waals surface area contributed by atoms with Crippen LogP contribution in [0.2, 0.25) is 0 Å². The lowest BCUT2D eigenvalue weighted by Crippen LogP contribution is -2.13. The van der Waals surface area contributed by atoms with E-state index >= 15 is 0 Å². The Morgan fingerprint density at radius 1 is 1.90 bits per heavy atom. The molecular weight excluding hydrogens is 126 g/mol. The fourth-order valence-electron chi connectivity index (χ4n) is 1.30. The molecule has 1 atom stereocenters. The number of amides is 1. The maximum Gasteiger partial charge on any atom is 0.220 e. The zero-order chi connectivity index (χ0) is 7.56. The molecule has 0 bridgehead atoms. The van der Waals surface area contributed by atoms with Gasteiger partial charge in [-0.1, -0.05) is 5.57 Å². The second-order valence-corrected chi connectivity index (χ2v) is 3.04. The van der Waals surface area contributed by atoms with Crippen molar-refractivity contribution in [1.29, 1.82) is 0 Å². The van der Waals surface area contributed by atoms with E-state index in [1.165, 1.54) is 5.57 Å². The third-order valence-electron chi connectivity index (χ3n) is 1.70. The Balaban J connectivity index is 2.31. The molecule has 2 heteroatoms. The monoisotopic (exact) mass is 139 g/mol. The van der Waals surface area contributed by atoms with Gasteiger partial charge in [0.25, 0.3) is 0 Å². The summed E-state index contributed by atoms with van der Waals surface area (Å²) in [5.41, 5.74) is 1.17. The third kappa shape index (κ3) is 1.87. The Kier molecular flexibility index (Phi) is 2.10. The first-order valence-electron chi connectivity index (χ1n) is 3.59. The first-order chi connectivity index (χ1) is 4.68. The van der Waals surface area contributed by atoms with Crippen LogP contribution in [-0.4, -0.2) is 12.5 Å². The number of rotatable bonds is 2. The van der Waals surface area contributed by atoms with E-state index in [1.807, 2.05) is 6.92 Å². The number of hydrogen-bond donors (Lipinski definition) is 1. The van der Waals surface area contributed by atoms with Crippen molar-refractivity contribution in [3.63, 3.8) is 0 Å². The van der Waals surface area contributed by atoms with Gasteiger partial charge in [-0.15, -0.1) is 6.58 Å². The average molecular weight is 139 g/mol. The molecule has 2 nitrogen and oxygen atoms in total. The Bertz CT molecular complexity index is 163. The van der Waals surface area contributed by atoms with E-state index in [4.69, 9.17) is 0 Å². The van der Waals surface area contributed by atoms with Gasteiger partial charge in [0.1, 0.15) is 0 Å². The van der Waals surface area contributed by atoms with Crippen LogP contribution in [0.25, 0.3) is 0 Å². The molecule has 0 saturated carbocycles. The summed E-state index contributed by atoms with van der Waals surface area (Å²) in [7, 11) is 0. The van der Waals surface area contributed by atoms with Crippen LogP contribution >= 0.6 is 0 Å². The van der Waals surface area contributed by atoms with Crippen molar-refractivity contribution in [3.05, 3.63) is 12.2 Å². The minimum atomic E-state index is 0.186. The molecule has 1 fully saturated rings. The summed E-state index contributed by atoms with van der Waals surface area (Å²) in [6, 6.07) is 0. The van der Waals surface area contributed by atoms with Crippen LogP contribution in [0, 0.1) is 5.92 Å². The molecule has 1 aliphatic heterocycles. The average Bonchev–Trinajstić information content (AvgIpc) is 2.13. The van der Waals surface area contributed by atoms with Gasteiger partial charge in [0.2, 0.25) is 5.91 Å². The smallest absolute Gasteiger partial charge is 0.220 e. The molecule has 1 heterocycles. The van der Waals surface area contributed by atoms with E-state index in [-0.39, 0.29) is 5.91 Å². The first-order valence-corrected chi connectivity index (χ1v) is 3.59. The quantitative estimate of drug-likeness (QED) is 0.570. The molecule has 56 valence electrons. The van der Waals surface area contributed by atoms with Gasteiger partial charge in [-0.05, 0) is 19.3 Å². The highest BCUT2D eigenvalue weighted by molar-refractivity contribution is 5.78. The maximum atomic E-state index is 10.7. The lowest BCUT2D eigenvalue weighted by atomic mass is 10.0. The highest BCUT2D eigenvalue weighted by Crippen LogP contribution is 2.16. The van der Waals surface area contributed by atoms with Crippen molar-refractivity contribution in [1.82, 2.24) is 5.32 Å². The van der Waals surface area contributed by atoms with Crippen LogP contribution in [0.3, 0.4) is 0 Å². The summed E-state index contributed by atoms with van der Waals surface area (Å²) < 4.78 is 0. The van der Waals surface area contributed by atoms with E-state index < -0.39 is 0 Å². The fourth-order valence-corrected chi connectivity index (χ4v) is 1.30. The Morgan fingerprint density at radius 3 is 3.00 bits per heavy atom. The summed E-state index contributed by atoms with van der Waals surface area (Å²) in [6.45, 7) is 6.65. The summed E-state index contributed by atoms with van der Waals surface area (Å²) >= 11 is 0. The molecule has 1 aliphatic rings. The number of nitrogens with one attached hydrogen (secondary N) is 1. The standard InChI is InChI=1S/C8H13NO/c1-6(2)3-7-4-8(10)9-5-7/h7H,1,3-5H2,2H3,(H,9,10). The lowest BCUT2D eigenvalue weighted by molar-refractivity contribution is -0.119. The molecule has 0 spiro atoms. The molecule has 0 aromatic heterocycles. The number of allylic oxidation sites excluding steroid dienone is 1. The van der Waals surface area contributed by atoms with Gasteiger partial charge in [0, 0.05) is 13.0 Å². The third-order valence-corrected chi connectivity index (χ3v) is 1.70. The fraction of sp³-hybridized carbons (Fsp3) is 0.625. The molecule has 0 aromatic carbocycles.